The smallest absolute Gasteiger partial charge is 0.262 e. The summed E-state index contributed by atoms with van der Waals surface area (Å²) in [5.74, 6) is -0.00838. The predicted molar refractivity (Wildman–Crippen MR) is 76.3 cm³/mol. The molecule has 0 fully saturated rings. The highest BCUT2D eigenvalue weighted by atomic mass is 19.1. The van der Waals surface area contributed by atoms with Crippen LogP contribution in [0, 0.1) is 5.82 Å². The summed E-state index contributed by atoms with van der Waals surface area (Å²) in [4.78, 5) is 11.7. The van der Waals surface area contributed by atoms with Gasteiger partial charge < -0.3 is 10.1 Å². The summed E-state index contributed by atoms with van der Waals surface area (Å²) >= 11 is 0. The minimum atomic E-state index is -0.389. The molecule has 4 heteroatoms. The molecular formula is C16H16FNO2. The van der Waals surface area contributed by atoms with E-state index >= 15 is 0 Å². The number of rotatable bonds is 5. The molecule has 0 aliphatic heterocycles. The van der Waals surface area contributed by atoms with Crippen LogP contribution in [-0.4, -0.2) is 12.5 Å². The van der Waals surface area contributed by atoms with E-state index in [0.717, 1.165) is 12.0 Å². The zero-order valence-electron chi connectivity index (χ0n) is 11.2. The first-order valence-corrected chi connectivity index (χ1v) is 6.45. The largest absolute Gasteiger partial charge is 0.483 e. The van der Waals surface area contributed by atoms with Gasteiger partial charge in [-0.1, -0.05) is 31.2 Å². The Kier molecular flexibility index (Phi) is 4.71. The second-order valence-electron chi connectivity index (χ2n) is 4.31. The molecule has 0 saturated heterocycles. The monoisotopic (exact) mass is 273 g/mol. The molecule has 0 saturated carbocycles. The topological polar surface area (TPSA) is 38.3 Å². The van der Waals surface area contributed by atoms with Crippen molar-refractivity contribution in [1.82, 2.24) is 0 Å². The van der Waals surface area contributed by atoms with Gasteiger partial charge in [0.05, 0.1) is 0 Å². The number of amides is 1. The van der Waals surface area contributed by atoms with E-state index in [0.29, 0.717) is 11.4 Å². The first-order chi connectivity index (χ1) is 9.69. The van der Waals surface area contributed by atoms with Crippen molar-refractivity contribution in [2.24, 2.45) is 0 Å². The number of benzene rings is 2. The van der Waals surface area contributed by atoms with E-state index in [1.54, 1.807) is 6.07 Å². The fourth-order valence-corrected chi connectivity index (χ4v) is 1.84. The number of carbonyl (C=O) groups is 1. The number of halogens is 1. The van der Waals surface area contributed by atoms with E-state index < -0.39 is 0 Å². The number of anilines is 1. The van der Waals surface area contributed by atoms with Crippen molar-refractivity contribution in [1.29, 1.82) is 0 Å². The Labute approximate surface area is 117 Å². The van der Waals surface area contributed by atoms with E-state index in [9.17, 15) is 9.18 Å². The molecule has 0 atom stereocenters. The van der Waals surface area contributed by atoms with Crippen LogP contribution >= 0.6 is 0 Å². The number of nitrogens with one attached hydrogen (secondary N) is 1. The average molecular weight is 273 g/mol. The maximum absolute atomic E-state index is 13.0. The SMILES string of the molecule is CCc1ccccc1OCC(=O)Nc1cccc(F)c1. The average Bonchev–Trinajstić information content (AvgIpc) is 2.45. The fraction of sp³-hybridized carbons (Fsp3) is 0.188. The van der Waals surface area contributed by atoms with Gasteiger partial charge in [-0.15, -0.1) is 0 Å². The van der Waals surface area contributed by atoms with Crippen molar-refractivity contribution >= 4 is 11.6 Å². The Morgan fingerprint density at radius 1 is 1.20 bits per heavy atom. The number of carbonyl (C=O) groups excluding carboxylic acids is 1. The maximum Gasteiger partial charge on any atom is 0.262 e. The minimum Gasteiger partial charge on any atom is -0.483 e. The number of hydrogen-bond donors (Lipinski definition) is 1. The molecule has 20 heavy (non-hydrogen) atoms. The molecule has 1 N–H and O–H groups in total. The highest BCUT2D eigenvalue weighted by Crippen LogP contribution is 2.18. The molecule has 2 aromatic carbocycles. The lowest BCUT2D eigenvalue weighted by molar-refractivity contribution is -0.118. The van der Waals surface area contributed by atoms with Gasteiger partial charge in [-0.25, -0.2) is 4.39 Å². The summed E-state index contributed by atoms with van der Waals surface area (Å²) in [5.41, 5.74) is 1.47. The van der Waals surface area contributed by atoms with E-state index in [-0.39, 0.29) is 18.3 Å². The van der Waals surface area contributed by atoms with E-state index in [1.165, 1.54) is 18.2 Å². The lowest BCUT2D eigenvalue weighted by atomic mass is 10.1. The molecule has 0 aromatic heterocycles. The van der Waals surface area contributed by atoms with E-state index in [1.807, 2.05) is 31.2 Å². The van der Waals surface area contributed by atoms with Gasteiger partial charge in [0.1, 0.15) is 11.6 Å². The van der Waals surface area contributed by atoms with E-state index in [4.69, 9.17) is 4.74 Å². The Morgan fingerprint density at radius 3 is 2.75 bits per heavy atom. The van der Waals surface area contributed by atoms with Gasteiger partial charge in [-0.05, 0) is 36.2 Å². The van der Waals surface area contributed by atoms with E-state index in [2.05, 4.69) is 5.32 Å². The van der Waals surface area contributed by atoms with Crippen LogP contribution in [0.4, 0.5) is 10.1 Å². The zero-order chi connectivity index (χ0) is 14.4. The third-order valence-corrected chi connectivity index (χ3v) is 2.82. The number of para-hydroxylation sites is 1. The van der Waals surface area contributed by atoms with Gasteiger partial charge in [0.2, 0.25) is 0 Å². The Morgan fingerprint density at radius 2 is 2.00 bits per heavy atom. The quantitative estimate of drug-likeness (QED) is 0.906. The lowest BCUT2D eigenvalue weighted by Gasteiger charge is -2.10. The number of aryl methyl sites for hydroxylation is 1. The van der Waals surface area contributed by atoms with Crippen molar-refractivity contribution in [3.8, 4) is 5.75 Å². The zero-order valence-corrected chi connectivity index (χ0v) is 11.2. The second kappa shape index (κ2) is 6.70. The van der Waals surface area contributed by atoms with Crippen LogP contribution in [0.1, 0.15) is 12.5 Å². The Balaban J connectivity index is 1.92. The van der Waals surface area contributed by atoms with Crippen molar-refractivity contribution in [3.05, 3.63) is 59.9 Å². The van der Waals surface area contributed by atoms with Crippen LogP contribution in [0.25, 0.3) is 0 Å². The van der Waals surface area contributed by atoms with Gasteiger partial charge in [-0.2, -0.15) is 0 Å². The maximum atomic E-state index is 13.0. The molecule has 1 amide bonds. The van der Waals surface area contributed by atoms with Crippen LogP contribution in [-0.2, 0) is 11.2 Å². The van der Waals surface area contributed by atoms with Crippen LogP contribution in [0.15, 0.2) is 48.5 Å². The van der Waals surface area contributed by atoms with Gasteiger partial charge in [0.25, 0.3) is 5.91 Å². The fourth-order valence-electron chi connectivity index (χ4n) is 1.84. The summed E-state index contributed by atoms with van der Waals surface area (Å²) < 4.78 is 18.5. The van der Waals surface area contributed by atoms with Gasteiger partial charge in [-0.3, -0.25) is 4.79 Å². The highest BCUT2D eigenvalue weighted by Gasteiger charge is 2.06. The lowest BCUT2D eigenvalue weighted by Crippen LogP contribution is -2.20. The van der Waals surface area contributed by atoms with Crippen LogP contribution < -0.4 is 10.1 Å². The van der Waals surface area contributed by atoms with Gasteiger partial charge >= 0.3 is 0 Å². The molecule has 0 aliphatic rings. The summed E-state index contributed by atoms with van der Waals surface area (Å²) in [6.45, 7) is 1.92. The summed E-state index contributed by atoms with van der Waals surface area (Å²) in [6.07, 6.45) is 0.835. The molecule has 0 bridgehead atoms. The standard InChI is InChI=1S/C16H16FNO2/c1-2-12-6-3-4-9-15(12)20-11-16(19)18-14-8-5-7-13(17)10-14/h3-10H,2,11H2,1H3,(H,18,19). The number of hydrogen-bond acceptors (Lipinski definition) is 2. The van der Waals surface area contributed by atoms with Crippen molar-refractivity contribution in [3.63, 3.8) is 0 Å². The molecule has 2 rings (SSSR count). The molecule has 3 nitrogen and oxygen atoms in total. The third kappa shape index (κ3) is 3.82. The third-order valence-electron chi connectivity index (χ3n) is 2.82. The first-order valence-electron chi connectivity index (χ1n) is 6.45. The second-order valence-corrected chi connectivity index (χ2v) is 4.31. The summed E-state index contributed by atoms with van der Waals surface area (Å²) in [6, 6.07) is 13.3. The molecular weight excluding hydrogens is 257 g/mol. The van der Waals surface area contributed by atoms with Crippen LogP contribution in [0.3, 0.4) is 0 Å². The first kappa shape index (κ1) is 14.1. The summed E-state index contributed by atoms with van der Waals surface area (Å²) in [5, 5.41) is 2.59. The molecule has 0 spiro atoms. The highest BCUT2D eigenvalue weighted by molar-refractivity contribution is 5.91. The van der Waals surface area contributed by atoms with Gasteiger partial charge in [0.15, 0.2) is 6.61 Å². The minimum absolute atomic E-state index is 0.104. The Hall–Kier alpha value is -2.36. The molecule has 0 radical (unpaired) electrons. The molecule has 0 aliphatic carbocycles. The Bertz CT molecular complexity index is 599. The molecule has 0 unspecified atom stereocenters. The molecule has 104 valence electrons. The van der Waals surface area contributed by atoms with Crippen molar-refractivity contribution in [2.45, 2.75) is 13.3 Å². The van der Waals surface area contributed by atoms with Gasteiger partial charge in [0, 0.05) is 5.69 Å². The van der Waals surface area contributed by atoms with Crippen molar-refractivity contribution in [2.75, 3.05) is 11.9 Å². The molecule has 2 aromatic rings. The van der Waals surface area contributed by atoms with Crippen LogP contribution in [0.2, 0.25) is 0 Å². The molecule has 0 heterocycles. The predicted octanol–water partition coefficient (Wildman–Crippen LogP) is 3.41. The normalized spacial score (nSPS) is 10.1. The number of ether oxygens (including phenoxy) is 1. The van der Waals surface area contributed by atoms with Crippen LogP contribution in [0.5, 0.6) is 5.75 Å². The summed E-state index contributed by atoms with van der Waals surface area (Å²) in [7, 11) is 0. The van der Waals surface area contributed by atoms with Crippen molar-refractivity contribution < 1.29 is 13.9 Å².